The number of halogens is 1. The highest BCUT2D eigenvalue weighted by atomic mass is 127. The molecule has 0 bridgehead atoms. The normalized spacial score (nSPS) is 13.2. The molecule has 0 radical (unpaired) electrons. The standard InChI is InChI=1S/C9H18IOP/c1-5-8(9(10)11-4)12(6-2)7-3/h5-7H2,1-4H3/b9-8-. The lowest BCUT2D eigenvalue weighted by atomic mass is 10.5. The van der Waals surface area contributed by atoms with Gasteiger partial charge < -0.3 is 4.74 Å². The molecule has 0 spiro atoms. The average Bonchev–Trinajstić information content (AvgIpc) is 2.12. The van der Waals surface area contributed by atoms with Crippen LogP contribution in [0.2, 0.25) is 0 Å². The minimum absolute atomic E-state index is 0.0821. The van der Waals surface area contributed by atoms with Crippen molar-refractivity contribution in [3.05, 3.63) is 9.08 Å². The van der Waals surface area contributed by atoms with E-state index in [0.717, 1.165) is 10.2 Å². The first-order chi connectivity index (χ1) is 5.71. The number of hydrogen-bond donors (Lipinski definition) is 0. The molecule has 0 fully saturated rings. The Morgan fingerprint density at radius 3 is 2.00 bits per heavy atom. The van der Waals surface area contributed by atoms with E-state index in [2.05, 4.69) is 43.4 Å². The average molecular weight is 300 g/mol. The molecule has 0 rings (SSSR count). The summed E-state index contributed by atoms with van der Waals surface area (Å²) in [4.78, 5) is 0. The summed E-state index contributed by atoms with van der Waals surface area (Å²) >= 11 is 2.30. The number of allylic oxidation sites excluding steroid dienone is 1. The Morgan fingerprint density at radius 2 is 1.75 bits per heavy atom. The van der Waals surface area contributed by atoms with E-state index < -0.39 is 0 Å². The van der Waals surface area contributed by atoms with Crippen molar-refractivity contribution in [1.82, 2.24) is 0 Å². The summed E-state index contributed by atoms with van der Waals surface area (Å²) in [6, 6.07) is 0. The fraction of sp³-hybridized carbons (Fsp3) is 0.778. The molecule has 0 atom stereocenters. The maximum Gasteiger partial charge on any atom is 0.159 e. The topological polar surface area (TPSA) is 9.23 Å². The second kappa shape index (κ2) is 7.14. The Morgan fingerprint density at radius 1 is 1.25 bits per heavy atom. The lowest BCUT2D eigenvalue weighted by Gasteiger charge is -2.17. The first kappa shape index (κ1) is 12.7. The molecule has 3 heteroatoms. The van der Waals surface area contributed by atoms with Crippen molar-refractivity contribution in [2.45, 2.75) is 27.2 Å². The Hall–Kier alpha value is 0.700. The van der Waals surface area contributed by atoms with Crippen molar-refractivity contribution in [3.8, 4) is 0 Å². The molecular weight excluding hydrogens is 282 g/mol. The van der Waals surface area contributed by atoms with E-state index >= 15 is 0 Å². The fourth-order valence-corrected chi connectivity index (χ4v) is 4.61. The third-order valence-electron chi connectivity index (χ3n) is 1.89. The van der Waals surface area contributed by atoms with E-state index in [9.17, 15) is 0 Å². The summed E-state index contributed by atoms with van der Waals surface area (Å²) in [5.41, 5.74) is 0. The Balaban J connectivity index is 4.50. The van der Waals surface area contributed by atoms with E-state index in [1.807, 2.05) is 0 Å². The van der Waals surface area contributed by atoms with Crippen LogP contribution in [0.4, 0.5) is 0 Å². The molecule has 0 saturated heterocycles. The molecule has 0 N–H and O–H groups in total. The van der Waals surface area contributed by atoms with Gasteiger partial charge in [-0.2, -0.15) is 0 Å². The van der Waals surface area contributed by atoms with Crippen LogP contribution in [0, 0.1) is 0 Å². The van der Waals surface area contributed by atoms with E-state index in [-0.39, 0.29) is 7.92 Å². The van der Waals surface area contributed by atoms with E-state index in [1.54, 1.807) is 7.11 Å². The fourth-order valence-electron chi connectivity index (χ4n) is 1.21. The molecule has 0 aromatic heterocycles. The molecule has 1 nitrogen and oxygen atoms in total. The molecular formula is C9H18IOP. The minimum atomic E-state index is 0.0821. The summed E-state index contributed by atoms with van der Waals surface area (Å²) in [6.07, 6.45) is 3.70. The SMILES string of the molecule is CC/C(=C(\I)OC)P(CC)CC. The van der Waals surface area contributed by atoms with Gasteiger partial charge in [-0.1, -0.05) is 28.7 Å². The molecule has 0 saturated carbocycles. The zero-order valence-electron chi connectivity index (χ0n) is 8.35. The summed E-state index contributed by atoms with van der Waals surface area (Å²) in [7, 11) is 1.84. The zero-order valence-corrected chi connectivity index (χ0v) is 11.4. The van der Waals surface area contributed by atoms with Crippen LogP contribution >= 0.6 is 30.5 Å². The molecule has 0 aliphatic carbocycles. The summed E-state index contributed by atoms with van der Waals surface area (Å²) in [5, 5.41) is 1.54. The Labute approximate surface area is 90.8 Å². The smallest absolute Gasteiger partial charge is 0.159 e. The van der Waals surface area contributed by atoms with Crippen LogP contribution in [0.3, 0.4) is 0 Å². The molecule has 0 aliphatic rings. The van der Waals surface area contributed by atoms with Crippen LogP contribution in [-0.4, -0.2) is 19.4 Å². The zero-order chi connectivity index (χ0) is 9.56. The molecule has 0 aromatic carbocycles. The minimum Gasteiger partial charge on any atom is -0.491 e. The van der Waals surface area contributed by atoms with Crippen molar-refractivity contribution < 1.29 is 4.74 Å². The van der Waals surface area contributed by atoms with Gasteiger partial charge in [0.25, 0.3) is 0 Å². The number of methoxy groups -OCH3 is 1. The van der Waals surface area contributed by atoms with Gasteiger partial charge in [-0.25, -0.2) is 0 Å². The summed E-state index contributed by atoms with van der Waals surface area (Å²) < 4.78 is 6.39. The molecule has 0 aliphatic heterocycles. The van der Waals surface area contributed by atoms with Gasteiger partial charge in [0.1, 0.15) is 0 Å². The number of hydrogen-bond acceptors (Lipinski definition) is 1. The van der Waals surface area contributed by atoms with Crippen LogP contribution in [0.5, 0.6) is 0 Å². The van der Waals surface area contributed by atoms with Gasteiger partial charge in [0.2, 0.25) is 0 Å². The van der Waals surface area contributed by atoms with Crippen molar-refractivity contribution in [3.63, 3.8) is 0 Å². The summed E-state index contributed by atoms with van der Waals surface area (Å²) in [6.45, 7) is 6.75. The highest BCUT2D eigenvalue weighted by Gasteiger charge is 2.11. The monoisotopic (exact) mass is 300 g/mol. The van der Waals surface area contributed by atoms with Gasteiger partial charge in [-0.15, -0.1) is 0 Å². The number of ether oxygens (including phenoxy) is 1. The van der Waals surface area contributed by atoms with Gasteiger partial charge in [0.05, 0.1) is 7.11 Å². The number of rotatable bonds is 5. The lowest BCUT2D eigenvalue weighted by Crippen LogP contribution is -1.91. The molecule has 72 valence electrons. The van der Waals surface area contributed by atoms with Gasteiger partial charge in [0, 0.05) is 5.31 Å². The van der Waals surface area contributed by atoms with Crippen LogP contribution in [0.15, 0.2) is 9.08 Å². The molecule has 0 heterocycles. The van der Waals surface area contributed by atoms with Crippen LogP contribution < -0.4 is 0 Å². The van der Waals surface area contributed by atoms with Crippen LogP contribution in [0.1, 0.15) is 27.2 Å². The van der Waals surface area contributed by atoms with E-state index in [0.29, 0.717) is 0 Å². The van der Waals surface area contributed by atoms with Crippen molar-refractivity contribution >= 4 is 30.5 Å². The molecule has 0 unspecified atom stereocenters. The quantitative estimate of drug-likeness (QED) is 0.421. The summed E-state index contributed by atoms with van der Waals surface area (Å²) in [5.74, 6) is 0. The maximum atomic E-state index is 5.27. The highest BCUT2D eigenvalue weighted by molar-refractivity contribution is 14.1. The second-order valence-corrected chi connectivity index (χ2v) is 6.31. The maximum absolute atomic E-state index is 5.27. The van der Waals surface area contributed by atoms with E-state index in [4.69, 9.17) is 4.74 Å². The van der Waals surface area contributed by atoms with E-state index in [1.165, 1.54) is 17.6 Å². The van der Waals surface area contributed by atoms with Gasteiger partial charge >= 0.3 is 0 Å². The van der Waals surface area contributed by atoms with Crippen LogP contribution in [-0.2, 0) is 4.74 Å². The largest absolute Gasteiger partial charge is 0.491 e. The van der Waals surface area contributed by atoms with Crippen molar-refractivity contribution in [1.29, 1.82) is 0 Å². The van der Waals surface area contributed by atoms with Gasteiger partial charge in [-0.05, 0) is 41.3 Å². The Bertz CT molecular complexity index is 153. The predicted octanol–water partition coefficient (Wildman–Crippen LogP) is 4.17. The molecule has 12 heavy (non-hydrogen) atoms. The predicted molar refractivity (Wildman–Crippen MR) is 66.3 cm³/mol. The molecule has 0 aromatic rings. The molecule has 0 amide bonds. The first-order valence-electron chi connectivity index (χ1n) is 4.38. The van der Waals surface area contributed by atoms with Crippen molar-refractivity contribution in [2.24, 2.45) is 0 Å². The lowest BCUT2D eigenvalue weighted by molar-refractivity contribution is 0.329. The third-order valence-corrected chi connectivity index (χ3v) is 6.21. The van der Waals surface area contributed by atoms with Gasteiger partial charge in [0.15, 0.2) is 3.77 Å². The highest BCUT2D eigenvalue weighted by Crippen LogP contribution is 2.48. The van der Waals surface area contributed by atoms with Crippen molar-refractivity contribution in [2.75, 3.05) is 19.4 Å². The third kappa shape index (κ3) is 3.61. The first-order valence-corrected chi connectivity index (χ1v) is 7.17. The second-order valence-electron chi connectivity index (χ2n) is 2.45. The van der Waals surface area contributed by atoms with Gasteiger partial charge in [-0.3, -0.25) is 0 Å². The Kier molecular flexibility index (Phi) is 7.55. The van der Waals surface area contributed by atoms with Crippen LogP contribution in [0.25, 0.3) is 0 Å².